The molecule has 1 aliphatic rings. The van der Waals surface area contributed by atoms with Gasteiger partial charge in [0, 0.05) is 11.3 Å². The quantitative estimate of drug-likeness (QED) is 0.483. The molecule has 0 spiro atoms. The summed E-state index contributed by atoms with van der Waals surface area (Å²) in [6.07, 6.45) is 0.663. The van der Waals surface area contributed by atoms with Gasteiger partial charge >= 0.3 is 0 Å². The summed E-state index contributed by atoms with van der Waals surface area (Å²) >= 11 is 3.22. The van der Waals surface area contributed by atoms with Crippen LogP contribution in [0, 0.1) is 6.92 Å². The Bertz CT molecular complexity index is 1310. The van der Waals surface area contributed by atoms with Crippen molar-refractivity contribution >= 4 is 45.2 Å². The average Bonchev–Trinajstić information content (AvgIpc) is 3.51. The molecule has 0 N–H and O–H groups in total. The highest BCUT2D eigenvalue weighted by Gasteiger charge is 2.34. The molecular weight excluding hydrogens is 416 g/mol. The normalized spacial score (nSPS) is 16.2. The van der Waals surface area contributed by atoms with Gasteiger partial charge in [0.25, 0.3) is 11.5 Å². The Labute approximate surface area is 180 Å². The maximum Gasteiger partial charge on any atom is 0.263 e. The van der Waals surface area contributed by atoms with E-state index >= 15 is 0 Å². The molecule has 3 aromatic heterocycles. The zero-order chi connectivity index (χ0) is 20.7. The summed E-state index contributed by atoms with van der Waals surface area (Å²) in [5.41, 5.74) is 1.33. The predicted octanol–water partition coefficient (Wildman–Crippen LogP) is 4.21. The van der Waals surface area contributed by atoms with Crippen LogP contribution in [0.1, 0.15) is 28.0 Å². The average molecular weight is 435 g/mol. The minimum atomic E-state index is -0.220. The number of fused-ring (bicyclic) bond motifs is 1. The second kappa shape index (κ2) is 7.62. The van der Waals surface area contributed by atoms with Gasteiger partial charge in [0.2, 0.25) is 0 Å². The summed E-state index contributed by atoms with van der Waals surface area (Å²) in [4.78, 5) is 32.9. The first-order valence-corrected chi connectivity index (χ1v) is 11.3. The Morgan fingerprint density at radius 1 is 1.10 bits per heavy atom. The first-order chi connectivity index (χ1) is 14.6. The third kappa shape index (κ3) is 3.28. The summed E-state index contributed by atoms with van der Waals surface area (Å²) in [6, 6.07) is 15.0. The van der Waals surface area contributed by atoms with Crippen molar-refractivity contribution in [2.75, 3.05) is 0 Å². The van der Waals surface area contributed by atoms with Crippen LogP contribution < -0.4 is 5.56 Å². The lowest BCUT2D eigenvalue weighted by Crippen LogP contribution is -2.35. The van der Waals surface area contributed by atoms with E-state index in [1.807, 2.05) is 41.1 Å². The molecule has 6 nitrogen and oxygen atoms in total. The fraction of sp³-hybridized carbons (Fsp3) is 0.182. The number of aryl methyl sites for hydroxylation is 1. The van der Waals surface area contributed by atoms with Crippen LogP contribution in [0.25, 0.3) is 10.9 Å². The van der Waals surface area contributed by atoms with E-state index in [0.717, 1.165) is 15.5 Å². The molecular formula is C22H18N4O2S2. The summed E-state index contributed by atoms with van der Waals surface area (Å²) < 4.78 is 1.44. The summed E-state index contributed by atoms with van der Waals surface area (Å²) in [7, 11) is 0. The number of thiophene rings is 2. The minimum absolute atomic E-state index is 0.0917. The van der Waals surface area contributed by atoms with E-state index in [1.165, 1.54) is 4.57 Å². The van der Waals surface area contributed by atoms with Gasteiger partial charge in [-0.1, -0.05) is 24.3 Å². The summed E-state index contributed by atoms with van der Waals surface area (Å²) in [5, 5.41) is 10.7. The molecule has 1 aromatic carbocycles. The minimum Gasteiger partial charge on any atom is -0.287 e. The van der Waals surface area contributed by atoms with Crippen molar-refractivity contribution in [3.63, 3.8) is 0 Å². The molecule has 30 heavy (non-hydrogen) atoms. The van der Waals surface area contributed by atoms with Gasteiger partial charge in [-0.15, -0.1) is 22.7 Å². The van der Waals surface area contributed by atoms with Gasteiger partial charge in [-0.3, -0.25) is 14.2 Å². The topological polar surface area (TPSA) is 67.6 Å². The van der Waals surface area contributed by atoms with Crippen molar-refractivity contribution in [2.45, 2.75) is 25.9 Å². The van der Waals surface area contributed by atoms with Gasteiger partial charge in [0.05, 0.1) is 27.5 Å². The molecule has 150 valence electrons. The lowest BCUT2D eigenvalue weighted by molar-refractivity contribution is -0.133. The highest BCUT2D eigenvalue weighted by molar-refractivity contribution is 7.12. The lowest BCUT2D eigenvalue weighted by Gasteiger charge is -2.21. The monoisotopic (exact) mass is 434 g/mol. The van der Waals surface area contributed by atoms with E-state index in [1.54, 1.807) is 52.8 Å². The molecule has 1 amide bonds. The zero-order valence-electron chi connectivity index (χ0n) is 16.2. The smallest absolute Gasteiger partial charge is 0.263 e. The number of hydrogen-bond donors (Lipinski definition) is 0. The molecule has 0 fully saturated rings. The van der Waals surface area contributed by atoms with Gasteiger partial charge in [0.15, 0.2) is 0 Å². The van der Waals surface area contributed by atoms with Crippen molar-refractivity contribution in [3.05, 3.63) is 85.2 Å². The van der Waals surface area contributed by atoms with Crippen LogP contribution in [0.5, 0.6) is 0 Å². The third-order valence-corrected chi connectivity index (χ3v) is 7.08. The molecule has 1 aliphatic heterocycles. The maximum absolute atomic E-state index is 13.3. The number of amides is 1. The third-order valence-electron chi connectivity index (χ3n) is 5.19. The van der Waals surface area contributed by atoms with Crippen LogP contribution in [-0.2, 0) is 11.3 Å². The van der Waals surface area contributed by atoms with Crippen LogP contribution >= 0.6 is 22.7 Å². The highest BCUT2D eigenvalue weighted by atomic mass is 32.1. The molecule has 8 heteroatoms. The van der Waals surface area contributed by atoms with Crippen molar-refractivity contribution in [1.29, 1.82) is 0 Å². The molecule has 0 bridgehead atoms. The molecule has 0 radical (unpaired) electrons. The van der Waals surface area contributed by atoms with Crippen LogP contribution in [0.2, 0.25) is 0 Å². The molecule has 0 saturated carbocycles. The number of para-hydroxylation sites is 1. The number of carbonyl (C=O) groups excluding carboxylic acids is 1. The van der Waals surface area contributed by atoms with Crippen molar-refractivity contribution in [3.8, 4) is 0 Å². The Kier molecular flexibility index (Phi) is 4.80. The number of aromatic nitrogens is 2. The first-order valence-electron chi connectivity index (χ1n) is 9.55. The van der Waals surface area contributed by atoms with Gasteiger partial charge in [-0.25, -0.2) is 9.99 Å². The van der Waals surface area contributed by atoms with Crippen molar-refractivity contribution in [2.24, 2.45) is 5.10 Å². The maximum atomic E-state index is 13.3. The van der Waals surface area contributed by atoms with Gasteiger partial charge < -0.3 is 0 Å². The molecule has 4 aromatic rings. The van der Waals surface area contributed by atoms with Gasteiger partial charge in [0.1, 0.15) is 12.4 Å². The second-order valence-electron chi connectivity index (χ2n) is 7.07. The van der Waals surface area contributed by atoms with Crippen LogP contribution in [0.3, 0.4) is 0 Å². The Hall–Kier alpha value is -3.10. The molecule has 5 rings (SSSR count). The molecule has 0 aliphatic carbocycles. The van der Waals surface area contributed by atoms with Crippen molar-refractivity contribution < 1.29 is 4.79 Å². The van der Waals surface area contributed by atoms with Gasteiger partial charge in [-0.05, 0) is 41.9 Å². The number of nitrogens with zero attached hydrogens (tertiary/aromatic N) is 4. The second-order valence-corrected chi connectivity index (χ2v) is 8.99. The lowest BCUT2D eigenvalue weighted by atomic mass is 10.1. The van der Waals surface area contributed by atoms with E-state index < -0.39 is 0 Å². The molecule has 0 unspecified atom stereocenters. The van der Waals surface area contributed by atoms with Crippen LogP contribution in [0.15, 0.2) is 69.2 Å². The zero-order valence-corrected chi connectivity index (χ0v) is 17.8. The number of rotatable bonds is 4. The van der Waals surface area contributed by atoms with E-state index in [0.29, 0.717) is 23.1 Å². The Morgan fingerprint density at radius 3 is 2.67 bits per heavy atom. The van der Waals surface area contributed by atoms with Crippen LogP contribution in [-0.4, -0.2) is 26.2 Å². The van der Waals surface area contributed by atoms with E-state index in [-0.39, 0.29) is 24.1 Å². The largest absolute Gasteiger partial charge is 0.287 e. The SMILES string of the molecule is Cc1nc2ccccc2c(=O)n1CC(=O)N1N=C(c2cccs2)C[C@@H]1c1cccs1. The number of hydrazone groups is 1. The van der Waals surface area contributed by atoms with E-state index in [9.17, 15) is 9.59 Å². The van der Waals surface area contributed by atoms with Gasteiger partial charge in [-0.2, -0.15) is 5.10 Å². The molecule has 1 atom stereocenters. The standard InChI is InChI=1S/C22H18N4O2S2/c1-14-23-16-7-3-2-6-15(16)22(28)25(14)13-21(27)26-18(20-9-5-11-30-20)12-17(24-26)19-8-4-10-29-19/h2-11,18H,12-13H2,1H3/t18-/m1/s1. The number of hydrogen-bond acceptors (Lipinski definition) is 6. The molecule has 0 saturated heterocycles. The summed E-state index contributed by atoms with van der Waals surface area (Å²) in [6.45, 7) is 1.66. The van der Waals surface area contributed by atoms with Crippen LogP contribution in [0.4, 0.5) is 0 Å². The first kappa shape index (κ1) is 18.9. The highest BCUT2D eigenvalue weighted by Crippen LogP contribution is 2.36. The summed E-state index contributed by atoms with van der Waals surface area (Å²) in [5.74, 6) is 0.295. The Morgan fingerprint density at radius 2 is 1.90 bits per heavy atom. The van der Waals surface area contributed by atoms with Crippen molar-refractivity contribution in [1.82, 2.24) is 14.6 Å². The number of benzene rings is 1. The fourth-order valence-electron chi connectivity index (χ4n) is 3.71. The Balaban J connectivity index is 1.51. The van der Waals surface area contributed by atoms with E-state index in [2.05, 4.69) is 10.1 Å². The number of carbonyl (C=O) groups is 1. The molecule has 4 heterocycles. The predicted molar refractivity (Wildman–Crippen MR) is 120 cm³/mol. The van der Waals surface area contributed by atoms with E-state index in [4.69, 9.17) is 0 Å². The fourth-order valence-corrected chi connectivity index (χ4v) is 5.24.